The lowest BCUT2D eigenvalue weighted by Crippen LogP contribution is -2.44. The highest BCUT2D eigenvalue weighted by Crippen LogP contribution is 2.22. The first-order valence-corrected chi connectivity index (χ1v) is 8.75. The zero-order valence-electron chi connectivity index (χ0n) is 15.0. The largest absolute Gasteiger partial charge is 0.452 e. The molecule has 0 N–H and O–H groups in total. The molecule has 2 aromatic rings. The molecule has 132 valence electrons. The van der Waals surface area contributed by atoms with E-state index in [1.165, 1.54) is 0 Å². The van der Waals surface area contributed by atoms with E-state index in [0.717, 1.165) is 36.1 Å². The van der Waals surface area contributed by atoms with Crippen molar-refractivity contribution in [2.24, 2.45) is 11.8 Å². The minimum Gasteiger partial charge on any atom is -0.452 e. The summed E-state index contributed by atoms with van der Waals surface area (Å²) in [4.78, 5) is 31.1. The molecule has 0 aliphatic carbocycles. The predicted octanol–water partition coefficient (Wildman–Crippen LogP) is 3.20. The fraction of sp³-hybridized carbons (Fsp3) is 0.450. The van der Waals surface area contributed by atoms with Gasteiger partial charge in [0.15, 0.2) is 6.61 Å². The molecule has 0 spiro atoms. The van der Waals surface area contributed by atoms with Gasteiger partial charge in [-0.15, -0.1) is 0 Å². The molecule has 0 bridgehead atoms. The van der Waals surface area contributed by atoms with Gasteiger partial charge in [-0.2, -0.15) is 0 Å². The van der Waals surface area contributed by atoms with Crippen molar-refractivity contribution >= 4 is 22.8 Å². The number of hydrogen-bond acceptors (Lipinski definition) is 4. The first-order chi connectivity index (χ1) is 11.9. The monoisotopic (exact) mass is 340 g/mol. The molecule has 1 aliphatic rings. The Hall–Kier alpha value is -2.43. The summed E-state index contributed by atoms with van der Waals surface area (Å²) >= 11 is 0. The molecule has 25 heavy (non-hydrogen) atoms. The molecule has 1 aliphatic heterocycles. The van der Waals surface area contributed by atoms with Crippen LogP contribution in [0, 0.1) is 18.8 Å². The number of carbonyl (C=O) groups is 2. The SMILES string of the molecule is Cc1cc(C(=O)OCC(=O)N2C[C@@H](C)C[C@H](C)C2)c2ccccc2n1. The Bertz CT molecular complexity index is 793. The highest BCUT2D eigenvalue weighted by molar-refractivity contribution is 6.04. The number of piperidine rings is 1. The van der Waals surface area contributed by atoms with E-state index in [9.17, 15) is 9.59 Å². The van der Waals surface area contributed by atoms with Crippen molar-refractivity contribution in [3.05, 3.63) is 41.6 Å². The summed E-state index contributed by atoms with van der Waals surface area (Å²) < 4.78 is 5.32. The Morgan fingerprint density at radius 2 is 1.88 bits per heavy atom. The molecule has 5 nitrogen and oxygen atoms in total. The lowest BCUT2D eigenvalue weighted by molar-refractivity contribution is -0.137. The van der Waals surface area contributed by atoms with Gasteiger partial charge in [0.1, 0.15) is 0 Å². The number of nitrogens with zero attached hydrogens (tertiary/aromatic N) is 2. The van der Waals surface area contributed by atoms with Gasteiger partial charge in [-0.25, -0.2) is 4.79 Å². The second-order valence-electron chi connectivity index (χ2n) is 7.15. The highest BCUT2D eigenvalue weighted by atomic mass is 16.5. The topological polar surface area (TPSA) is 59.5 Å². The second-order valence-corrected chi connectivity index (χ2v) is 7.15. The molecule has 1 fully saturated rings. The average molecular weight is 340 g/mol. The Balaban J connectivity index is 1.70. The number of pyridine rings is 1. The number of aryl methyl sites for hydroxylation is 1. The van der Waals surface area contributed by atoms with Crippen LogP contribution in [0.3, 0.4) is 0 Å². The number of likely N-dealkylation sites (tertiary alicyclic amines) is 1. The summed E-state index contributed by atoms with van der Waals surface area (Å²) in [5.41, 5.74) is 1.95. The van der Waals surface area contributed by atoms with Gasteiger partial charge in [-0.1, -0.05) is 32.0 Å². The summed E-state index contributed by atoms with van der Waals surface area (Å²) in [6.45, 7) is 7.39. The third kappa shape index (κ3) is 3.98. The number of hydrogen-bond donors (Lipinski definition) is 0. The number of benzene rings is 1. The first kappa shape index (κ1) is 17.4. The van der Waals surface area contributed by atoms with E-state index in [1.807, 2.05) is 36.1 Å². The van der Waals surface area contributed by atoms with Gasteiger partial charge in [-0.3, -0.25) is 9.78 Å². The van der Waals surface area contributed by atoms with Crippen LogP contribution >= 0.6 is 0 Å². The summed E-state index contributed by atoms with van der Waals surface area (Å²) in [7, 11) is 0. The number of esters is 1. The van der Waals surface area contributed by atoms with Crippen molar-refractivity contribution in [1.29, 1.82) is 0 Å². The van der Waals surface area contributed by atoms with Crippen LogP contribution in [0.5, 0.6) is 0 Å². The first-order valence-electron chi connectivity index (χ1n) is 8.75. The maximum atomic E-state index is 12.5. The van der Waals surface area contributed by atoms with Gasteiger partial charge in [0.05, 0.1) is 11.1 Å². The van der Waals surface area contributed by atoms with Crippen molar-refractivity contribution in [3.8, 4) is 0 Å². The number of fused-ring (bicyclic) bond motifs is 1. The zero-order chi connectivity index (χ0) is 18.0. The molecule has 2 heterocycles. The smallest absolute Gasteiger partial charge is 0.339 e. The van der Waals surface area contributed by atoms with Crippen molar-refractivity contribution < 1.29 is 14.3 Å². The van der Waals surface area contributed by atoms with Gasteiger partial charge in [0, 0.05) is 24.2 Å². The van der Waals surface area contributed by atoms with Gasteiger partial charge in [-0.05, 0) is 37.3 Å². The van der Waals surface area contributed by atoms with Crippen LogP contribution < -0.4 is 0 Å². The minimum atomic E-state index is -0.479. The van der Waals surface area contributed by atoms with Crippen LogP contribution in [-0.4, -0.2) is 41.5 Å². The van der Waals surface area contributed by atoms with Gasteiger partial charge < -0.3 is 9.64 Å². The molecular weight excluding hydrogens is 316 g/mol. The Labute approximate surface area is 148 Å². The van der Waals surface area contributed by atoms with Crippen molar-refractivity contribution in [2.45, 2.75) is 27.2 Å². The van der Waals surface area contributed by atoms with E-state index in [2.05, 4.69) is 18.8 Å². The van der Waals surface area contributed by atoms with Crippen LogP contribution in [0.25, 0.3) is 10.9 Å². The molecule has 0 unspecified atom stereocenters. The summed E-state index contributed by atoms with van der Waals surface area (Å²) in [6.07, 6.45) is 1.13. The number of carbonyl (C=O) groups excluding carboxylic acids is 2. The molecular formula is C20H24N2O3. The quantitative estimate of drug-likeness (QED) is 0.805. The lowest BCUT2D eigenvalue weighted by atomic mass is 9.92. The summed E-state index contributed by atoms with van der Waals surface area (Å²) in [5, 5.41) is 0.741. The molecule has 1 saturated heterocycles. The number of aromatic nitrogens is 1. The maximum absolute atomic E-state index is 12.5. The molecule has 3 rings (SSSR count). The Morgan fingerprint density at radius 3 is 2.60 bits per heavy atom. The van der Waals surface area contributed by atoms with Crippen LogP contribution in [0.2, 0.25) is 0 Å². The average Bonchev–Trinajstić information content (AvgIpc) is 2.57. The van der Waals surface area contributed by atoms with Crippen LogP contribution in [0.15, 0.2) is 30.3 Å². The summed E-state index contributed by atoms with van der Waals surface area (Å²) in [5.74, 6) is 0.361. The molecule has 1 aromatic carbocycles. The molecule has 2 atom stereocenters. The molecule has 1 aromatic heterocycles. The van der Waals surface area contributed by atoms with Gasteiger partial charge >= 0.3 is 5.97 Å². The van der Waals surface area contributed by atoms with E-state index < -0.39 is 5.97 Å². The van der Waals surface area contributed by atoms with Crippen molar-refractivity contribution in [2.75, 3.05) is 19.7 Å². The van der Waals surface area contributed by atoms with E-state index in [4.69, 9.17) is 4.74 Å². The number of amides is 1. The number of ether oxygens (including phenoxy) is 1. The third-order valence-corrected chi connectivity index (χ3v) is 4.61. The van der Waals surface area contributed by atoms with E-state index in [0.29, 0.717) is 17.4 Å². The zero-order valence-corrected chi connectivity index (χ0v) is 15.0. The Kier molecular flexibility index (Phi) is 5.02. The number of rotatable bonds is 3. The van der Waals surface area contributed by atoms with Crippen molar-refractivity contribution in [1.82, 2.24) is 9.88 Å². The van der Waals surface area contributed by atoms with E-state index >= 15 is 0 Å². The Morgan fingerprint density at radius 1 is 1.20 bits per heavy atom. The molecule has 0 saturated carbocycles. The van der Waals surface area contributed by atoms with Gasteiger partial charge in [0.25, 0.3) is 5.91 Å². The normalized spacial score (nSPS) is 20.5. The fourth-order valence-corrected chi connectivity index (χ4v) is 3.64. The second kappa shape index (κ2) is 7.21. The maximum Gasteiger partial charge on any atom is 0.339 e. The van der Waals surface area contributed by atoms with E-state index in [-0.39, 0.29) is 12.5 Å². The molecule has 0 radical (unpaired) electrons. The number of para-hydroxylation sites is 1. The third-order valence-electron chi connectivity index (χ3n) is 4.61. The van der Waals surface area contributed by atoms with Crippen LogP contribution in [-0.2, 0) is 9.53 Å². The standard InChI is InChI=1S/C20H24N2O3/c1-13-8-14(2)11-22(10-13)19(23)12-25-20(24)17-9-15(3)21-18-7-5-4-6-16(17)18/h4-7,9,13-14H,8,10-12H2,1-3H3/t13-,14-/m0/s1. The summed E-state index contributed by atoms with van der Waals surface area (Å²) in [6, 6.07) is 9.15. The molecule has 1 amide bonds. The van der Waals surface area contributed by atoms with Crippen molar-refractivity contribution in [3.63, 3.8) is 0 Å². The fourth-order valence-electron chi connectivity index (χ4n) is 3.64. The molecule has 5 heteroatoms. The van der Waals surface area contributed by atoms with Crippen LogP contribution in [0.4, 0.5) is 0 Å². The minimum absolute atomic E-state index is 0.123. The lowest BCUT2D eigenvalue weighted by Gasteiger charge is -2.34. The van der Waals surface area contributed by atoms with Crippen LogP contribution in [0.1, 0.15) is 36.3 Å². The predicted molar refractivity (Wildman–Crippen MR) is 96.3 cm³/mol. The highest BCUT2D eigenvalue weighted by Gasteiger charge is 2.26. The van der Waals surface area contributed by atoms with Gasteiger partial charge in [0.2, 0.25) is 0 Å². The van der Waals surface area contributed by atoms with E-state index in [1.54, 1.807) is 6.07 Å².